The molecule has 1 aliphatic heterocycles. The first-order valence-corrected chi connectivity index (χ1v) is 11.2. The van der Waals surface area contributed by atoms with E-state index in [-0.39, 0.29) is 0 Å². The van der Waals surface area contributed by atoms with Crippen molar-refractivity contribution in [2.45, 2.75) is 103 Å². The second-order valence-electron chi connectivity index (χ2n) is 6.62. The third kappa shape index (κ3) is 1.92. The molecule has 0 unspecified atom stereocenters. The summed E-state index contributed by atoms with van der Waals surface area (Å²) in [5.41, 5.74) is 0.674. The van der Waals surface area contributed by atoms with Gasteiger partial charge in [0.05, 0.1) is 8.07 Å². The van der Waals surface area contributed by atoms with Crippen molar-refractivity contribution < 1.29 is 0 Å². The van der Waals surface area contributed by atoms with Crippen LogP contribution in [0.4, 0.5) is 0 Å². The van der Waals surface area contributed by atoms with Crippen molar-refractivity contribution in [2.24, 2.45) is 5.41 Å². The predicted octanol–water partition coefficient (Wildman–Crippen LogP) is 6.64. The van der Waals surface area contributed by atoms with Crippen molar-refractivity contribution in [3.8, 4) is 0 Å². The Hall–Kier alpha value is 0.217. The van der Waals surface area contributed by atoms with Crippen LogP contribution in [0, 0.1) is 5.41 Å². The topological polar surface area (TPSA) is 0 Å². The van der Waals surface area contributed by atoms with Crippen LogP contribution in [0.15, 0.2) is 0 Å². The zero-order valence-electron chi connectivity index (χ0n) is 13.9. The standard InChI is InChI=1S/C17H36Si/c1-7-16(8-2)14-13-15-18(11-5,12-6)17(16,9-3)10-4/h7-15H2,1-6H3. The van der Waals surface area contributed by atoms with Crippen LogP contribution in [-0.4, -0.2) is 8.07 Å². The lowest BCUT2D eigenvalue weighted by Crippen LogP contribution is -2.58. The van der Waals surface area contributed by atoms with Crippen LogP contribution >= 0.6 is 0 Å². The summed E-state index contributed by atoms with van der Waals surface area (Å²) in [6.45, 7) is 15.0. The molecule has 0 radical (unpaired) electrons. The molecule has 0 bridgehead atoms. The first-order chi connectivity index (χ1) is 8.57. The summed E-state index contributed by atoms with van der Waals surface area (Å²) < 4.78 is 0. The molecule has 0 amide bonds. The second-order valence-corrected chi connectivity index (χ2v) is 12.0. The van der Waals surface area contributed by atoms with Gasteiger partial charge in [0.1, 0.15) is 0 Å². The Bertz CT molecular complexity index is 222. The van der Waals surface area contributed by atoms with Gasteiger partial charge in [0, 0.05) is 0 Å². The third-order valence-electron chi connectivity index (χ3n) is 7.26. The summed E-state index contributed by atoms with van der Waals surface area (Å²) in [6, 6.07) is 4.66. The van der Waals surface area contributed by atoms with E-state index >= 15 is 0 Å². The van der Waals surface area contributed by atoms with Crippen LogP contribution in [0.2, 0.25) is 23.2 Å². The number of hydrogen-bond donors (Lipinski definition) is 0. The van der Waals surface area contributed by atoms with E-state index in [1.54, 1.807) is 6.04 Å². The van der Waals surface area contributed by atoms with E-state index in [0.717, 1.165) is 5.04 Å². The second kappa shape index (κ2) is 6.11. The van der Waals surface area contributed by atoms with Gasteiger partial charge in [-0.2, -0.15) is 0 Å². The Morgan fingerprint density at radius 3 is 1.61 bits per heavy atom. The van der Waals surface area contributed by atoms with E-state index in [1.807, 2.05) is 0 Å². The highest BCUT2D eigenvalue weighted by Crippen LogP contribution is 2.69. The Morgan fingerprint density at radius 1 is 0.778 bits per heavy atom. The van der Waals surface area contributed by atoms with Crippen molar-refractivity contribution >= 4 is 8.07 Å². The summed E-state index contributed by atoms with van der Waals surface area (Å²) >= 11 is 0. The van der Waals surface area contributed by atoms with E-state index in [9.17, 15) is 0 Å². The van der Waals surface area contributed by atoms with Crippen LogP contribution < -0.4 is 0 Å². The fourth-order valence-corrected chi connectivity index (χ4v) is 13.1. The zero-order chi connectivity index (χ0) is 13.9. The summed E-state index contributed by atoms with van der Waals surface area (Å²) in [7, 11) is -1.09. The smallest absolute Gasteiger partial charge is 0.0598 e. The van der Waals surface area contributed by atoms with Crippen LogP contribution in [0.5, 0.6) is 0 Å². The van der Waals surface area contributed by atoms with Crippen LogP contribution in [0.25, 0.3) is 0 Å². The summed E-state index contributed by atoms with van der Waals surface area (Å²) in [5.74, 6) is 0. The molecule has 0 aromatic heterocycles. The van der Waals surface area contributed by atoms with Gasteiger partial charge in [0.2, 0.25) is 0 Å². The number of hydrogen-bond acceptors (Lipinski definition) is 0. The Kier molecular flexibility index (Phi) is 5.53. The molecule has 1 rings (SSSR count). The molecule has 1 aliphatic rings. The molecule has 0 saturated carbocycles. The Labute approximate surface area is 117 Å². The van der Waals surface area contributed by atoms with Gasteiger partial charge in [0.25, 0.3) is 0 Å². The molecule has 1 fully saturated rings. The Morgan fingerprint density at radius 2 is 1.28 bits per heavy atom. The summed E-state index contributed by atoms with van der Waals surface area (Å²) in [6.07, 6.45) is 8.76. The summed E-state index contributed by atoms with van der Waals surface area (Å²) in [5, 5.41) is 0.727. The quantitative estimate of drug-likeness (QED) is 0.474. The maximum atomic E-state index is 2.51. The van der Waals surface area contributed by atoms with Crippen molar-refractivity contribution in [2.75, 3.05) is 0 Å². The molecule has 1 heteroatoms. The van der Waals surface area contributed by atoms with E-state index in [2.05, 4.69) is 41.5 Å². The molecule has 0 spiro atoms. The highest BCUT2D eigenvalue weighted by molar-refractivity contribution is 6.83. The molecule has 0 aliphatic carbocycles. The van der Waals surface area contributed by atoms with Crippen molar-refractivity contribution in [1.82, 2.24) is 0 Å². The molecule has 0 aromatic carbocycles. The van der Waals surface area contributed by atoms with E-state index in [1.165, 1.54) is 50.6 Å². The number of rotatable bonds is 6. The van der Waals surface area contributed by atoms with Gasteiger partial charge in [-0.15, -0.1) is 0 Å². The van der Waals surface area contributed by atoms with E-state index in [4.69, 9.17) is 0 Å². The highest BCUT2D eigenvalue weighted by Gasteiger charge is 2.60. The zero-order valence-corrected chi connectivity index (χ0v) is 14.9. The van der Waals surface area contributed by atoms with Crippen LogP contribution in [0.3, 0.4) is 0 Å². The first kappa shape index (κ1) is 16.3. The van der Waals surface area contributed by atoms with Crippen molar-refractivity contribution in [3.05, 3.63) is 0 Å². The van der Waals surface area contributed by atoms with E-state index in [0.29, 0.717) is 5.41 Å². The minimum absolute atomic E-state index is 0.674. The molecule has 0 atom stereocenters. The maximum Gasteiger partial charge on any atom is 0.0598 e. The third-order valence-corrected chi connectivity index (χ3v) is 14.5. The lowest BCUT2D eigenvalue weighted by molar-refractivity contribution is 0.110. The maximum absolute atomic E-state index is 2.51. The molecular formula is C17H36Si. The van der Waals surface area contributed by atoms with Gasteiger partial charge < -0.3 is 0 Å². The van der Waals surface area contributed by atoms with E-state index < -0.39 is 8.07 Å². The SMILES string of the molecule is CCC1(CC)CCC[Si](CC)(CC)C1(CC)CC. The molecule has 1 heterocycles. The minimum Gasteiger partial charge on any atom is -0.0678 e. The molecule has 18 heavy (non-hydrogen) atoms. The fraction of sp³-hybridized carbons (Fsp3) is 1.00. The molecule has 0 nitrogen and oxygen atoms in total. The summed E-state index contributed by atoms with van der Waals surface area (Å²) in [4.78, 5) is 0. The molecule has 0 aromatic rings. The average molecular weight is 269 g/mol. The molecular weight excluding hydrogens is 232 g/mol. The van der Waals surface area contributed by atoms with Gasteiger partial charge in [-0.1, -0.05) is 91.8 Å². The van der Waals surface area contributed by atoms with Gasteiger partial charge >= 0.3 is 0 Å². The molecule has 1 saturated heterocycles. The van der Waals surface area contributed by atoms with Gasteiger partial charge in [-0.25, -0.2) is 0 Å². The van der Waals surface area contributed by atoms with Crippen molar-refractivity contribution in [3.63, 3.8) is 0 Å². The van der Waals surface area contributed by atoms with Gasteiger partial charge in [0.15, 0.2) is 0 Å². The normalized spacial score (nSPS) is 25.0. The largest absolute Gasteiger partial charge is 0.0678 e. The highest BCUT2D eigenvalue weighted by atomic mass is 28.3. The van der Waals surface area contributed by atoms with Gasteiger partial charge in [-0.3, -0.25) is 0 Å². The van der Waals surface area contributed by atoms with Crippen molar-refractivity contribution in [1.29, 1.82) is 0 Å². The average Bonchev–Trinajstić information content (AvgIpc) is 2.45. The molecule has 108 valence electrons. The fourth-order valence-electron chi connectivity index (χ4n) is 6.12. The minimum atomic E-state index is -1.09. The lowest BCUT2D eigenvalue weighted by atomic mass is 9.65. The van der Waals surface area contributed by atoms with Gasteiger partial charge in [-0.05, 0) is 16.9 Å². The first-order valence-electron chi connectivity index (χ1n) is 8.57. The monoisotopic (exact) mass is 268 g/mol. The lowest BCUT2D eigenvalue weighted by Gasteiger charge is -2.63. The molecule has 0 N–H and O–H groups in total. The predicted molar refractivity (Wildman–Crippen MR) is 87.0 cm³/mol. The Balaban J connectivity index is 3.37. The van der Waals surface area contributed by atoms with Crippen LogP contribution in [0.1, 0.15) is 80.1 Å². The van der Waals surface area contributed by atoms with Crippen LogP contribution in [-0.2, 0) is 0 Å².